The van der Waals surface area contributed by atoms with E-state index >= 15 is 0 Å². The highest BCUT2D eigenvalue weighted by Crippen LogP contribution is 2.35. The molecule has 1 aromatic carbocycles. The number of alkyl halides is 2. The molecule has 0 saturated carbocycles. The molecule has 2 aliphatic heterocycles. The summed E-state index contributed by atoms with van der Waals surface area (Å²) in [5, 5.41) is 14.6. The Morgan fingerprint density at radius 2 is 2.10 bits per heavy atom. The molecule has 7 nitrogen and oxygen atoms in total. The lowest BCUT2D eigenvalue weighted by Gasteiger charge is -2.38. The molecular formula is C22H23F2N5O2. The average molecular weight is 427 g/mol. The molecule has 9 heteroatoms. The molecule has 4 atom stereocenters. The van der Waals surface area contributed by atoms with Crippen molar-refractivity contribution in [1.82, 2.24) is 20.3 Å². The number of hydrogen-bond acceptors (Lipinski definition) is 7. The van der Waals surface area contributed by atoms with Gasteiger partial charge < -0.3 is 20.1 Å². The van der Waals surface area contributed by atoms with Crippen LogP contribution in [-0.4, -0.2) is 58.3 Å². The molecule has 2 N–H and O–H groups in total. The molecule has 31 heavy (non-hydrogen) atoms. The van der Waals surface area contributed by atoms with Crippen LogP contribution in [0.5, 0.6) is 11.6 Å². The molecule has 2 fully saturated rings. The van der Waals surface area contributed by atoms with Gasteiger partial charge in [-0.1, -0.05) is 0 Å². The van der Waals surface area contributed by atoms with Crippen molar-refractivity contribution in [2.75, 3.05) is 18.8 Å². The molecule has 162 valence electrons. The van der Waals surface area contributed by atoms with Crippen molar-refractivity contribution in [3.05, 3.63) is 36.7 Å². The number of aromatic nitrogens is 3. The number of rotatable bonds is 5. The summed E-state index contributed by atoms with van der Waals surface area (Å²) in [6.45, 7) is -0.971. The summed E-state index contributed by atoms with van der Waals surface area (Å²) in [5.74, 6) is 0.714. The maximum Gasteiger partial charge on any atom is 0.230 e. The predicted octanol–water partition coefficient (Wildman–Crippen LogP) is 3.37. The van der Waals surface area contributed by atoms with Crippen LogP contribution < -0.4 is 15.0 Å². The number of nitrogens with one attached hydrogen (secondary N) is 1. The van der Waals surface area contributed by atoms with Gasteiger partial charge in [-0.25, -0.2) is 18.7 Å². The molecule has 5 rings (SSSR count). The molecule has 0 amide bonds. The fraction of sp³-hybridized carbons (Fsp3) is 0.409. The lowest BCUT2D eigenvalue weighted by Crippen LogP contribution is -2.55. The van der Waals surface area contributed by atoms with E-state index in [9.17, 15) is 13.9 Å². The number of fused-ring (bicyclic) bond motifs is 3. The number of benzene rings is 1. The van der Waals surface area contributed by atoms with Crippen molar-refractivity contribution >= 4 is 16.7 Å². The highest BCUT2D eigenvalue weighted by molar-refractivity contribution is 5.87. The standard InChI is InChI=1S/C22H23F2N5O2/c1-29(18-7-13-3-4-15(27-13)22(18)24)20-10-25-17(9-26-20)14-6-12-2-5-21(31-11-23)28-16(12)8-19(14)30/h2,5-6,8-10,13,15,18,22,27,30H,3-4,7,11H2,1H3/t13-,15+,18-,22+/m1/s1. The highest BCUT2D eigenvalue weighted by atomic mass is 19.1. The van der Waals surface area contributed by atoms with Crippen LogP contribution in [0.2, 0.25) is 0 Å². The molecule has 0 aliphatic carbocycles. The number of ether oxygens (including phenoxy) is 1. The average Bonchev–Trinajstić information content (AvgIpc) is 3.19. The van der Waals surface area contributed by atoms with Crippen LogP contribution in [0.25, 0.3) is 22.2 Å². The Labute approximate surface area is 178 Å². The van der Waals surface area contributed by atoms with E-state index in [1.54, 1.807) is 30.6 Å². The number of nitrogens with zero attached hydrogens (tertiary/aromatic N) is 4. The molecule has 0 radical (unpaired) electrons. The predicted molar refractivity (Wildman–Crippen MR) is 113 cm³/mol. The zero-order valence-electron chi connectivity index (χ0n) is 17.0. The Balaban J connectivity index is 1.40. The van der Waals surface area contributed by atoms with Crippen molar-refractivity contribution < 1.29 is 18.6 Å². The van der Waals surface area contributed by atoms with Gasteiger partial charge in [-0.2, -0.15) is 0 Å². The van der Waals surface area contributed by atoms with Gasteiger partial charge in [0, 0.05) is 42.2 Å². The Bertz CT molecular complexity index is 1100. The lowest BCUT2D eigenvalue weighted by molar-refractivity contribution is 0.176. The van der Waals surface area contributed by atoms with Gasteiger partial charge in [0.25, 0.3) is 0 Å². The summed E-state index contributed by atoms with van der Waals surface area (Å²) in [5.41, 5.74) is 1.47. The fourth-order valence-electron chi connectivity index (χ4n) is 4.64. The van der Waals surface area contributed by atoms with Gasteiger partial charge in [-0.15, -0.1) is 0 Å². The van der Waals surface area contributed by atoms with Crippen LogP contribution in [0.4, 0.5) is 14.6 Å². The summed E-state index contributed by atoms with van der Waals surface area (Å²) >= 11 is 0. The Hall–Kier alpha value is -3.07. The van der Waals surface area contributed by atoms with Crippen LogP contribution in [0.1, 0.15) is 19.3 Å². The number of aromatic hydroxyl groups is 1. The maximum atomic E-state index is 14.9. The first kappa shape index (κ1) is 19.9. The first-order chi connectivity index (χ1) is 15.0. The minimum Gasteiger partial charge on any atom is -0.507 e. The summed E-state index contributed by atoms with van der Waals surface area (Å²) in [4.78, 5) is 15.0. The minimum absolute atomic E-state index is 0.0217. The van der Waals surface area contributed by atoms with E-state index in [0.29, 0.717) is 28.6 Å². The Kier molecular flexibility index (Phi) is 5.05. The first-order valence-electron chi connectivity index (χ1n) is 10.3. The van der Waals surface area contributed by atoms with E-state index in [-0.39, 0.29) is 23.7 Å². The molecule has 3 aromatic rings. The summed E-state index contributed by atoms with van der Waals surface area (Å²) < 4.78 is 32.0. The van der Waals surface area contributed by atoms with Crippen LogP contribution in [0, 0.1) is 0 Å². The second-order valence-corrected chi connectivity index (χ2v) is 8.13. The van der Waals surface area contributed by atoms with Crippen LogP contribution in [-0.2, 0) is 0 Å². The highest BCUT2D eigenvalue weighted by Gasteiger charge is 2.43. The number of pyridine rings is 1. The number of anilines is 1. The van der Waals surface area contributed by atoms with Crippen LogP contribution in [0.15, 0.2) is 36.7 Å². The van der Waals surface area contributed by atoms with Gasteiger partial charge in [0.1, 0.15) is 17.7 Å². The largest absolute Gasteiger partial charge is 0.507 e. The van der Waals surface area contributed by atoms with Crippen molar-refractivity contribution in [3.63, 3.8) is 0 Å². The van der Waals surface area contributed by atoms with Crippen LogP contribution >= 0.6 is 0 Å². The van der Waals surface area contributed by atoms with E-state index in [2.05, 4.69) is 20.3 Å². The summed E-state index contributed by atoms with van der Waals surface area (Å²) in [7, 11) is 1.85. The third-order valence-electron chi connectivity index (χ3n) is 6.31. The zero-order valence-corrected chi connectivity index (χ0v) is 17.0. The Morgan fingerprint density at radius 1 is 1.23 bits per heavy atom. The summed E-state index contributed by atoms with van der Waals surface area (Å²) in [6.07, 6.45) is 4.85. The van der Waals surface area contributed by atoms with E-state index in [4.69, 9.17) is 4.74 Å². The van der Waals surface area contributed by atoms with Crippen molar-refractivity contribution in [3.8, 4) is 22.9 Å². The second kappa shape index (κ2) is 7.88. The first-order valence-corrected chi connectivity index (χ1v) is 10.3. The zero-order chi connectivity index (χ0) is 21.5. The third kappa shape index (κ3) is 3.63. The van der Waals surface area contributed by atoms with Gasteiger partial charge in [-0.3, -0.25) is 4.98 Å². The van der Waals surface area contributed by atoms with E-state index < -0.39 is 13.0 Å². The topological polar surface area (TPSA) is 83.4 Å². The molecule has 2 bridgehead atoms. The fourth-order valence-corrected chi connectivity index (χ4v) is 4.64. The smallest absolute Gasteiger partial charge is 0.230 e. The van der Waals surface area contributed by atoms with Gasteiger partial charge in [0.2, 0.25) is 12.7 Å². The molecule has 2 aliphatic rings. The van der Waals surface area contributed by atoms with Crippen molar-refractivity contribution in [2.45, 2.75) is 43.6 Å². The molecular weight excluding hydrogens is 404 g/mol. The van der Waals surface area contributed by atoms with Crippen molar-refractivity contribution in [1.29, 1.82) is 0 Å². The van der Waals surface area contributed by atoms with Gasteiger partial charge in [-0.05, 0) is 31.4 Å². The quantitative estimate of drug-likeness (QED) is 0.646. The SMILES string of the molecule is CN(c1cnc(-c2cc3ccc(OCF)nc3cc2O)cn1)[C@@H]1C[C@H]2CC[C@H](N2)[C@@H]1F. The lowest BCUT2D eigenvalue weighted by atomic mass is 9.96. The second-order valence-electron chi connectivity index (χ2n) is 8.13. The number of phenols is 1. The normalized spacial score (nSPS) is 25.0. The van der Waals surface area contributed by atoms with E-state index in [1.807, 2.05) is 11.9 Å². The molecule has 4 heterocycles. The molecule has 0 spiro atoms. The van der Waals surface area contributed by atoms with Gasteiger partial charge in [0.15, 0.2) is 0 Å². The number of phenolic OH excluding ortho intramolecular Hbond substituents is 1. The minimum atomic E-state index is -0.971. The number of halogens is 2. The summed E-state index contributed by atoms with van der Waals surface area (Å²) in [6, 6.07) is 6.56. The van der Waals surface area contributed by atoms with E-state index in [0.717, 1.165) is 24.6 Å². The number of hydrogen-bond donors (Lipinski definition) is 2. The third-order valence-corrected chi connectivity index (χ3v) is 6.31. The number of piperidine rings is 1. The monoisotopic (exact) mass is 427 g/mol. The van der Waals surface area contributed by atoms with Gasteiger partial charge in [0.05, 0.1) is 29.6 Å². The van der Waals surface area contributed by atoms with Crippen LogP contribution in [0.3, 0.4) is 0 Å². The van der Waals surface area contributed by atoms with Gasteiger partial charge >= 0.3 is 0 Å². The molecule has 0 unspecified atom stereocenters. The Morgan fingerprint density at radius 3 is 2.87 bits per heavy atom. The van der Waals surface area contributed by atoms with E-state index in [1.165, 1.54) is 6.07 Å². The van der Waals surface area contributed by atoms with Crippen molar-refractivity contribution in [2.24, 2.45) is 0 Å². The molecule has 2 saturated heterocycles. The molecule has 2 aromatic heterocycles. The maximum absolute atomic E-state index is 14.9.